The van der Waals surface area contributed by atoms with Gasteiger partial charge in [-0.05, 0) is 262 Å². The first kappa shape index (κ1) is 104. The topological polar surface area (TPSA) is 202 Å². The van der Waals surface area contributed by atoms with Crippen molar-refractivity contribution in [3.05, 3.63) is 204 Å². The minimum Gasteiger partial charge on any atom is -0.518 e. The van der Waals surface area contributed by atoms with Crippen molar-refractivity contribution in [2.75, 3.05) is 93.5 Å². The molecule has 29 heteroatoms. The van der Waals surface area contributed by atoms with Crippen molar-refractivity contribution in [2.45, 2.75) is 216 Å². The summed E-state index contributed by atoms with van der Waals surface area (Å²) in [6.45, 7) is 39.3. The van der Waals surface area contributed by atoms with Crippen LogP contribution in [0.2, 0.25) is 36.3 Å². The molecular weight excluding hydrogens is 1630 g/mol. The van der Waals surface area contributed by atoms with Crippen LogP contribution in [-0.2, 0) is 101 Å². The van der Waals surface area contributed by atoms with E-state index in [1.54, 1.807) is 53.2 Å². The molecule has 0 fully saturated rings. The maximum atomic E-state index is 11.7. The predicted molar refractivity (Wildman–Crippen MR) is 481 cm³/mol. The molecule has 3 aliphatic heterocycles. The van der Waals surface area contributed by atoms with Crippen molar-refractivity contribution in [1.29, 1.82) is 0 Å². The first-order valence-electron chi connectivity index (χ1n) is 41.9. The summed E-state index contributed by atoms with van der Waals surface area (Å²) < 4.78 is 114. The molecule has 0 amide bonds. The predicted octanol–water partition coefficient (Wildman–Crippen LogP) is 22.1. The van der Waals surface area contributed by atoms with Gasteiger partial charge in [-0.15, -0.1) is 0 Å². The number of hydrogen-bond acceptors (Lipinski definition) is 21. The highest BCUT2D eigenvalue weighted by atomic mass is 35.7. The van der Waals surface area contributed by atoms with Gasteiger partial charge in [0.25, 0.3) is 0 Å². The number of ether oxygens (including phenoxy) is 4. The Labute approximate surface area is 717 Å². The monoisotopic (exact) mass is 1770 g/mol. The maximum absolute atomic E-state index is 11.7. The van der Waals surface area contributed by atoms with E-state index < -0.39 is 62.7 Å². The molecule has 0 N–H and O–H groups in total. The fourth-order valence-electron chi connectivity index (χ4n) is 13.0. The molecule has 0 bridgehead atoms. The van der Waals surface area contributed by atoms with E-state index in [-0.39, 0.29) is 0 Å². The summed E-state index contributed by atoms with van der Waals surface area (Å²) in [5.74, 6) is 4.88. The molecule has 654 valence electrons. The van der Waals surface area contributed by atoms with Gasteiger partial charge in [0.2, 0.25) is 0 Å². The number of para-hydroxylation sites is 3. The molecule has 0 saturated heterocycles. The highest BCUT2D eigenvalue weighted by Crippen LogP contribution is 2.36. The Kier molecular flexibility index (Phi) is 51.2. The minimum atomic E-state index is -2.59. The second kappa shape index (κ2) is 57.7. The number of aryl methyl sites for hydroxylation is 6. The lowest BCUT2D eigenvalue weighted by molar-refractivity contribution is 0.0205. The Morgan fingerprint density at radius 2 is 0.752 bits per heavy atom. The average Bonchev–Trinajstić information content (AvgIpc) is 1.72. The Hall–Kier alpha value is -5.57. The second-order valence-electron chi connectivity index (χ2n) is 27.9. The summed E-state index contributed by atoms with van der Waals surface area (Å²) in [6.07, 6.45) is 14.4. The van der Waals surface area contributed by atoms with Gasteiger partial charge >= 0.3 is 57.1 Å². The van der Waals surface area contributed by atoms with E-state index in [0.29, 0.717) is 85.0 Å². The van der Waals surface area contributed by atoms with Gasteiger partial charge in [0.15, 0.2) is 0 Å². The SMILES string of the molecule is C=CCOc1ccc(CCC[Si](OCC)(OCC)OCC)cc1.C=COc1ccc(CCC[Si](OCC)(OCC)OCC)cc1.CCO[Si](CCCc1ccc(OC(=O)OC(C)(C)C)cc1)(OCC)OCC.CCO[Si]1(OCC)CCCc2ccccc2O1.CO[Si]1(OC)CCCc2ccccc2O1.Cl[Si]1(Cl)CCCc2ccccc2O1. The Morgan fingerprint density at radius 3 is 1.09 bits per heavy atom. The molecule has 0 atom stereocenters. The fraction of sp³-hybridized carbons (Fsp3) is 0.534. The van der Waals surface area contributed by atoms with E-state index in [1.165, 1.54) is 34.1 Å². The molecule has 0 unspecified atom stereocenters. The molecule has 6 aromatic rings. The molecule has 0 aliphatic carbocycles. The summed E-state index contributed by atoms with van der Waals surface area (Å²) in [5, 5.41) is 0. The van der Waals surface area contributed by atoms with Crippen molar-refractivity contribution < 1.29 is 94.6 Å². The molecule has 3 heterocycles. The number of fused-ring (bicyclic) bond motifs is 3. The van der Waals surface area contributed by atoms with Crippen LogP contribution in [-0.4, -0.2) is 156 Å². The molecule has 0 saturated carbocycles. The van der Waals surface area contributed by atoms with E-state index in [4.69, 9.17) is 112 Å². The van der Waals surface area contributed by atoms with Crippen molar-refractivity contribution >= 4 is 79.3 Å². The third-order valence-corrected chi connectivity index (χ3v) is 36.1. The molecule has 9 rings (SSSR count). The van der Waals surface area contributed by atoms with Crippen LogP contribution in [0.15, 0.2) is 171 Å². The van der Waals surface area contributed by atoms with E-state index in [2.05, 4.69) is 61.7 Å². The van der Waals surface area contributed by atoms with E-state index in [0.717, 1.165) is 148 Å². The summed E-state index contributed by atoms with van der Waals surface area (Å²) >= 11 is 12.2. The third kappa shape index (κ3) is 39.9. The smallest absolute Gasteiger partial charge is 0.518 e. The zero-order valence-electron chi connectivity index (χ0n) is 73.0. The van der Waals surface area contributed by atoms with Gasteiger partial charge in [-0.25, -0.2) is 4.79 Å². The average molecular weight is 1770 g/mol. The van der Waals surface area contributed by atoms with Crippen LogP contribution in [0, 0.1) is 0 Å². The normalized spacial score (nSPS) is 14.4. The third-order valence-electron chi connectivity index (χ3n) is 17.9. The molecule has 0 aromatic heterocycles. The van der Waals surface area contributed by atoms with E-state index in [9.17, 15) is 4.79 Å². The highest BCUT2D eigenvalue weighted by Gasteiger charge is 2.46. The molecule has 117 heavy (non-hydrogen) atoms. The zero-order valence-corrected chi connectivity index (χ0v) is 80.5. The molecule has 21 nitrogen and oxygen atoms in total. The zero-order chi connectivity index (χ0) is 85.7. The van der Waals surface area contributed by atoms with Crippen LogP contribution >= 0.6 is 22.2 Å². The number of carbonyl (C=O) groups is 1. The van der Waals surface area contributed by atoms with Crippen LogP contribution in [0.5, 0.6) is 34.5 Å². The lowest BCUT2D eigenvalue weighted by atomic mass is 10.1. The van der Waals surface area contributed by atoms with Crippen LogP contribution < -0.4 is 27.5 Å². The maximum Gasteiger partial charge on any atom is 0.566 e. The second-order valence-corrected chi connectivity index (χ2v) is 47.8. The van der Waals surface area contributed by atoms with Gasteiger partial charge in [-0.3, -0.25) is 0 Å². The molecule has 6 aromatic carbocycles. The van der Waals surface area contributed by atoms with Crippen LogP contribution in [0.1, 0.15) is 169 Å². The van der Waals surface area contributed by atoms with Crippen LogP contribution in [0.3, 0.4) is 0 Å². The lowest BCUT2D eigenvalue weighted by Crippen LogP contribution is -2.48. The van der Waals surface area contributed by atoms with E-state index >= 15 is 0 Å². The number of carbonyl (C=O) groups excluding carboxylic acids is 1. The van der Waals surface area contributed by atoms with Crippen molar-refractivity contribution in [1.82, 2.24) is 0 Å². The van der Waals surface area contributed by atoms with Gasteiger partial charge in [0.05, 0.1) is 6.26 Å². The molecule has 0 spiro atoms. The summed E-state index contributed by atoms with van der Waals surface area (Å²) in [6, 6.07) is 53.0. The number of hydrogen-bond donors (Lipinski definition) is 0. The summed E-state index contributed by atoms with van der Waals surface area (Å²) in [5.41, 5.74) is 6.86. The Bertz CT molecular complexity index is 3580. The molecule has 0 radical (unpaired) electrons. The number of halogens is 2. The first-order valence-corrected chi connectivity index (χ1v) is 55.7. The van der Waals surface area contributed by atoms with Gasteiger partial charge in [0.1, 0.15) is 46.7 Å². The molecule has 3 aliphatic rings. The standard InChI is InChI=1S/C20H34O6Si.C18H30O4Si.C17H28O4Si.C13H20O3Si.C11H16O3Si.C9H10Cl2OSi/c1-7-22-27(23-8-2,24-9-3)16-10-11-17-12-14-18(15-13-17)25-19(21)26-20(4,5)6;1-5-15-19-18-13-11-17(12-14-18)10-9-16-23(20-6-2,21-7-3)22-8-4;1-5-18-17-13-11-16(12-14-17)10-9-15-22(19-6-2,20-7-3)21-8-4;1-3-14-17(15-4-2)11-7-9-12-8-5-6-10-13(12)16-17;1-12-15(13-2)9-5-7-10-6-3-4-8-11(10)14-15;10-13(11)7-3-5-8-4-1-2-6-9(8)12-13/h12-15H,7-11,16H2,1-6H3;5,11-14H,1,6-10,15-16H2,2-4H3;5,11-14H,1,6-10,15H2,2-4H3;5-6,8,10H,3-4,7,9,11H2,1-2H3;3-4,6,8H,5,7,9H2,1-2H3;1-2,4,6H,3,5,7H2. The minimum absolute atomic E-state index is 0.467. The Balaban J connectivity index is 0.000000299. The molecular formula is C88H138Cl2O21Si6. The van der Waals surface area contributed by atoms with Crippen molar-refractivity contribution in [3.63, 3.8) is 0 Å². The van der Waals surface area contributed by atoms with Crippen LogP contribution in [0.25, 0.3) is 0 Å². The van der Waals surface area contributed by atoms with Crippen molar-refractivity contribution in [3.8, 4) is 34.5 Å². The van der Waals surface area contributed by atoms with Gasteiger partial charge < -0.3 is 89.8 Å². The fourth-order valence-corrected chi connectivity index (χ4v) is 27.9. The quantitative estimate of drug-likeness (QED) is 0.00873. The summed E-state index contributed by atoms with van der Waals surface area (Å²) in [4.78, 5) is 11.7. The highest BCUT2D eigenvalue weighted by molar-refractivity contribution is 7.42. The van der Waals surface area contributed by atoms with Crippen LogP contribution in [0.4, 0.5) is 4.79 Å². The van der Waals surface area contributed by atoms with Gasteiger partial charge in [-0.1, -0.05) is 132 Å². The first-order chi connectivity index (χ1) is 56.4. The lowest BCUT2D eigenvalue weighted by Gasteiger charge is -2.28. The Morgan fingerprint density at radius 1 is 0.427 bits per heavy atom. The largest absolute Gasteiger partial charge is 0.566 e. The number of rotatable bonds is 42. The van der Waals surface area contributed by atoms with Gasteiger partial charge in [0, 0.05) is 123 Å². The number of benzene rings is 6. The van der Waals surface area contributed by atoms with E-state index in [1.807, 2.05) is 161 Å². The van der Waals surface area contributed by atoms with Gasteiger partial charge in [-0.2, -0.15) is 0 Å². The van der Waals surface area contributed by atoms with Crippen molar-refractivity contribution in [2.24, 2.45) is 0 Å². The summed E-state index contributed by atoms with van der Waals surface area (Å²) in [7, 11) is -9.19.